The minimum absolute atomic E-state index is 0.0530. The zero-order chi connectivity index (χ0) is 16.3. The number of benzene rings is 1. The van der Waals surface area contributed by atoms with E-state index in [4.69, 9.17) is 0 Å². The summed E-state index contributed by atoms with van der Waals surface area (Å²) in [6, 6.07) is 1.76. The molecule has 1 rings (SSSR count). The van der Waals surface area contributed by atoms with Gasteiger partial charge in [-0.3, -0.25) is 8.75 Å². The standard InChI is InChI=1S/C11H15F2O6PS/c1-8(2)6-18-20(14,15)7-19-21(16,17)11-5-9(12)3-4-10(11)13/h3-5,8H,6-7H2,1-2H3,(H,14,15). The van der Waals surface area contributed by atoms with Gasteiger partial charge in [0.1, 0.15) is 16.5 Å². The highest BCUT2D eigenvalue weighted by atomic mass is 32.2. The van der Waals surface area contributed by atoms with Crippen molar-refractivity contribution in [3.05, 3.63) is 29.8 Å². The quantitative estimate of drug-likeness (QED) is 0.604. The van der Waals surface area contributed by atoms with Crippen molar-refractivity contribution < 1.29 is 35.4 Å². The predicted octanol–water partition coefficient (Wildman–Crippen LogP) is 2.49. The van der Waals surface area contributed by atoms with Crippen molar-refractivity contribution >= 4 is 17.7 Å². The Balaban J connectivity index is 2.82. The molecule has 1 aromatic rings. The van der Waals surface area contributed by atoms with Gasteiger partial charge >= 0.3 is 17.7 Å². The summed E-state index contributed by atoms with van der Waals surface area (Å²) in [6.07, 6.45) is -1.18. The Bertz CT molecular complexity index is 646. The molecular weight excluding hydrogens is 329 g/mol. The minimum atomic E-state index is -4.71. The smallest absolute Gasteiger partial charge is 0.323 e. The summed E-state index contributed by atoms with van der Waals surface area (Å²) in [6.45, 7) is 3.37. The van der Waals surface area contributed by atoms with Crippen molar-refractivity contribution in [1.82, 2.24) is 0 Å². The van der Waals surface area contributed by atoms with Crippen LogP contribution in [0.15, 0.2) is 23.1 Å². The van der Waals surface area contributed by atoms with Gasteiger partial charge in [0.15, 0.2) is 6.35 Å². The highest BCUT2D eigenvalue weighted by Crippen LogP contribution is 2.43. The summed E-state index contributed by atoms with van der Waals surface area (Å²) in [5, 5.41) is 0. The second-order valence-corrected chi connectivity index (χ2v) is 7.98. The van der Waals surface area contributed by atoms with E-state index < -0.39 is 40.6 Å². The molecule has 0 aliphatic carbocycles. The van der Waals surface area contributed by atoms with E-state index in [9.17, 15) is 26.7 Å². The van der Waals surface area contributed by atoms with Crippen molar-refractivity contribution in [3.8, 4) is 0 Å². The molecule has 0 radical (unpaired) electrons. The number of hydrogen-bond acceptors (Lipinski definition) is 5. The van der Waals surface area contributed by atoms with Crippen molar-refractivity contribution in [3.63, 3.8) is 0 Å². The predicted molar refractivity (Wildman–Crippen MR) is 70.1 cm³/mol. The minimum Gasteiger partial charge on any atom is -0.323 e. The van der Waals surface area contributed by atoms with E-state index in [0.717, 1.165) is 6.07 Å². The lowest BCUT2D eigenvalue weighted by Gasteiger charge is -2.14. The van der Waals surface area contributed by atoms with Crippen molar-refractivity contribution in [1.29, 1.82) is 0 Å². The second kappa shape index (κ2) is 6.93. The van der Waals surface area contributed by atoms with E-state index in [0.29, 0.717) is 12.1 Å². The molecule has 0 spiro atoms. The zero-order valence-corrected chi connectivity index (χ0v) is 13.0. The molecule has 0 fully saturated rings. The summed E-state index contributed by atoms with van der Waals surface area (Å²) in [5.74, 6) is -2.27. The molecule has 0 aromatic heterocycles. The second-order valence-electron chi connectivity index (χ2n) is 4.60. The lowest BCUT2D eigenvalue weighted by Crippen LogP contribution is -2.12. The van der Waals surface area contributed by atoms with E-state index in [2.05, 4.69) is 8.71 Å². The van der Waals surface area contributed by atoms with Crippen LogP contribution in [0.3, 0.4) is 0 Å². The molecule has 0 bridgehead atoms. The van der Waals surface area contributed by atoms with Crippen LogP contribution in [0, 0.1) is 17.6 Å². The Morgan fingerprint density at radius 3 is 2.52 bits per heavy atom. The van der Waals surface area contributed by atoms with E-state index in [1.807, 2.05) is 0 Å². The van der Waals surface area contributed by atoms with Crippen molar-refractivity contribution in [2.75, 3.05) is 13.0 Å². The summed E-state index contributed by atoms with van der Waals surface area (Å²) in [7, 11) is -9.02. The molecule has 120 valence electrons. The molecule has 21 heavy (non-hydrogen) atoms. The van der Waals surface area contributed by atoms with Gasteiger partial charge in [-0.25, -0.2) is 8.78 Å². The van der Waals surface area contributed by atoms with Crippen LogP contribution < -0.4 is 0 Å². The van der Waals surface area contributed by atoms with E-state index in [1.54, 1.807) is 13.8 Å². The Hall–Kier alpha value is -0.860. The maximum Gasteiger partial charge on any atom is 0.355 e. The first-order chi connectivity index (χ1) is 9.53. The third kappa shape index (κ3) is 5.80. The van der Waals surface area contributed by atoms with Crippen LogP contribution in [0.25, 0.3) is 0 Å². The van der Waals surface area contributed by atoms with Crippen molar-refractivity contribution in [2.45, 2.75) is 18.7 Å². The summed E-state index contributed by atoms with van der Waals surface area (Å²) < 4.78 is 70.1. The fourth-order valence-electron chi connectivity index (χ4n) is 1.17. The topological polar surface area (TPSA) is 89.9 Å². The monoisotopic (exact) mass is 344 g/mol. The lowest BCUT2D eigenvalue weighted by atomic mass is 10.2. The molecule has 0 saturated carbocycles. The lowest BCUT2D eigenvalue weighted by molar-refractivity contribution is 0.209. The van der Waals surface area contributed by atoms with E-state index in [1.165, 1.54) is 0 Å². The Morgan fingerprint density at radius 2 is 1.95 bits per heavy atom. The molecule has 1 atom stereocenters. The number of halogens is 2. The molecule has 0 heterocycles. The average molecular weight is 344 g/mol. The zero-order valence-electron chi connectivity index (χ0n) is 11.3. The van der Waals surface area contributed by atoms with Gasteiger partial charge in [-0.1, -0.05) is 13.8 Å². The highest BCUT2D eigenvalue weighted by molar-refractivity contribution is 7.87. The summed E-state index contributed by atoms with van der Waals surface area (Å²) >= 11 is 0. The number of hydrogen-bond donors (Lipinski definition) is 1. The molecule has 0 aliphatic rings. The normalized spacial score (nSPS) is 15.1. The van der Waals surface area contributed by atoms with Gasteiger partial charge in [-0.15, -0.1) is 0 Å². The van der Waals surface area contributed by atoms with Crippen LogP contribution in [-0.4, -0.2) is 26.3 Å². The average Bonchev–Trinajstić information content (AvgIpc) is 2.37. The van der Waals surface area contributed by atoms with E-state index in [-0.39, 0.29) is 12.5 Å². The van der Waals surface area contributed by atoms with E-state index >= 15 is 0 Å². The van der Waals surface area contributed by atoms with Gasteiger partial charge in [0, 0.05) is 0 Å². The van der Waals surface area contributed by atoms with Crippen LogP contribution in [-0.2, 0) is 23.4 Å². The Labute approximate surface area is 121 Å². The van der Waals surface area contributed by atoms with Gasteiger partial charge in [-0.2, -0.15) is 8.42 Å². The van der Waals surface area contributed by atoms with Gasteiger partial charge in [0.05, 0.1) is 6.61 Å². The Morgan fingerprint density at radius 1 is 1.33 bits per heavy atom. The third-order valence-corrected chi connectivity index (χ3v) is 4.61. The third-order valence-electron chi connectivity index (χ3n) is 2.14. The first-order valence-electron chi connectivity index (χ1n) is 5.84. The molecular formula is C11H15F2O6PS. The summed E-state index contributed by atoms with van der Waals surface area (Å²) in [4.78, 5) is 8.32. The maximum atomic E-state index is 13.4. The molecule has 10 heteroatoms. The molecule has 0 amide bonds. The molecule has 1 unspecified atom stereocenters. The fourth-order valence-corrected chi connectivity index (χ4v) is 3.56. The SMILES string of the molecule is CC(C)COP(=O)(O)COS(=O)(=O)c1cc(F)ccc1F. The van der Waals surface area contributed by atoms with Crippen LogP contribution in [0.5, 0.6) is 0 Å². The first-order valence-corrected chi connectivity index (χ1v) is 9.01. The fraction of sp³-hybridized carbons (Fsp3) is 0.455. The van der Waals surface area contributed by atoms with Crippen LogP contribution in [0.4, 0.5) is 8.78 Å². The largest absolute Gasteiger partial charge is 0.355 e. The molecule has 1 aromatic carbocycles. The molecule has 6 nitrogen and oxygen atoms in total. The summed E-state index contributed by atoms with van der Waals surface area (Å²) in [5.41, 5.74) is 0. The first kappa shape index (κ1) is 18.2. The Kier molecular flexibility index (Phi) is 6.01. The number of rotatable bonds is 7. The highest BCUT2D eigenvalue weighted by Gasteiger charge is 2.28. The molecule has 0 saturated heterocycles. The molecule has 1 N–H and O–H groups in total. The van der Waals surface area contributed by atoms with Crippen molar-refractivity contribution in [2.24, 2.45) is 5.92 Å². The molecule has 0 aliphatic heterocycles. The van der Waals surface area contributed by atoms with Crippen LogP contribution in [0.1, 0.15) is 13.8 Å². The van der Waals surface area contributed by atoms with Crippen LogP contribution in [0.2, 0.25) is 0 Å². The maximum absolute atomic E-state index is 13.4. The van der Waals surface area contributed by atoms with Crippen LogP contribution >= 0.6 is 7.60 Å². The van der Waals surface area contributed by atoms with Gasteiger partial charge in [0.25, 0.3) is 0 Å². The van der Waals surface area contributed by atoms with Gasteiger partial charge < -0.3 is 9.42 Å². The van der Waals surface area contributed by atoms with Gasteiger partial charge in [0.2, 0.25) is 0 Å². The van der Waals surface area contributed by atoms with Gasteiger partial charge in [-0.05, 0) is 24.1 Å².